The van der Waals surface area contributed by atoms with E-state index in [0.29, 0.717) is 28.6 Å². The molecule has 0 aliphatic carbocycles. The van der Waals surface area contributed by atoms with Crippen LogP contribution in [0, 0.1) is 5.92 Å². The Kier molecular flexibility index (Phi) is 6.57. The Morgan fingerprint density at radius 2 is 2.03 bits per heavy atom. The first-order valence-electron chi connectivity index (χ1n) is 11.7. The molecule has 10 heteroatoms. The zero-order chi connectivity index (χ0) is 23.2. The van der Waals surface area contributed by atoms with Gasteiger partial charge in [0.1, 0.15) is 21.0 Å². The van der Waals surface area contributed by atoms with Crippen LogP contribution in [0.1, 0.15) is 24.3 Å². The fourth-order valence-electron chi connectivity index (χ4n) is 5.43. The number of likely N-dealkylation sites (tertiary alicyclic amines) is 1. The summed E-state index contributed by atoms with van der Waals surface area (Å²) in [4.78, 5) is 36.1. The number of aromatic amines is 1. The highest BCUT2D eigenvalue weighted by Gasteiger charge is 2.40. The highest BCUT2D eigenvalue weighted by Crippen LogP contribution is 2.46. The first kappa shape index (κ1) is 23.8. The van der Waals surface area contributed by atoms with E-state index in [2.05, 4.69) is 14.9 Å². The van der Waals surface area contributed by atoms with Crippen molar-refractivity contribution < 1.29 is 9.47 Å². The van der Waals surface area contributed by atoms with Crippen LogP contribution in [0.3, 0.4) is 0 Å². The Balaban J connectivity index is 0.00000253. The molecule has 0 amide bonds. The lowest BCUT2D eigenvalue weighted by Gasteiger charge is -2.29. The van der Waals surface area contributed by atoms with Crippen molar-refractivity contribution in [1.82, 2.24) is 19.4 Å². The number of nitrogens with zero attached hydrogens (tertiary/aromatic N) is 3. The summed E-state index contributed by atoms with van der Waals surface area (Å²) in [5.41, 5.74) is 1.20. The number of aromatic nitrogens is 3. The molecule has 0 radical (unpaired) electrons. The zero-order valence-electron chi connectivity index (χ0n) is 19.4. The van der Waals surface area contributed by atoms with Gasteiger partial charge in [-0.15, -0.1) is 23.7 Å². The van der Waals surface area contributed by atoms with E-state index < -0.39 is 0 Å². The van der Waals surface area contributed by atoms with Crippen molar-refractivity contribution in [3.63, 3.8) is 0 Å². The summed E-state index contributed by atoms with van der Waals surface area (Å²) in [7, 11) is 1.71. The van der Waals surface area contributed by atoms with Crippen LogP contribution in [-0.2, 0) is 6.54 Å². The number of rotatable bonds is 6. The molecule has 6 rings (SSSR count). The highest BCUT2D eigenvalue weighted by molar-refractivity contribution is 7.25. The number of unbranched alkanes of at least 4 members (excludes halogenated alkanes) is 1. The lowest BCUT2D eigenvalue weighted by Crippen LogP contribution is -2.34. The predicted molar refractivity (Wildman–Crippen MR) is 140 cm³/mol. The van der Waals surface area contributed by atoms with Gasteiger partial charge in [0.15, 0.2) is 0 Å². The van der Waals surface area contributed by atoms with Crippen molar-refractivity contribution >= 4 is 44.2 Å². The fourth-order valence-corrected chi connectivity index (χ4v) is 6.48. The van der Waals surface area contributed by atoms with Crippen molar-refractivity contribution in [3.05, 3.63) is 62.9 Å². The molecule has 0 bridgehead atoms. The molecule has 0 saturated carbocycles. The minimum atomic E-state index is -0.353. The molecule has 2 atom stereocenters. The molecule has 8 nitrogen and oxygen atoms in total. The maximum atomic E-state index is 13.0. The van der Waals surface area contributed by atoms with Crippen LogP contribution >= 0.6 is 23.7 Å². The van der Waals surface area contributed by atoms with Gasteiger partial charge in [-0.05, 0) is 43.7 Å². The molecule has 184 valence electrons. The topological polar surface area (TPSA) is 89.5 Å². The van der Waals surface area contributed by atoms with Gasteiger partial charge >= 0.3 is 5.69 Å². The third-order valence-electron chi connectivity index (χ3n) is 7.08. The Labute approximate surface area is 211 Å². The molecule has 1 fully saturated rings. The van der Waals surface area contributed by atoms with Gasteiger partial charge in [-0.25, -0.2) is 9.78 Å². The van der Waals surface area contributed by atoms with E-state index in [1.165, 1.54) is 21.5 Å². The third kappa shape index (κ3) is 4.11. The summed E-state index contributed by atoms with van der Waals surface area (Å²) in [5, 5.41) is 0.821. The second-order valence-electron chi connectivity index (χ2n) is 9.07. The molecule has 4 aromatic rings. The summed E-state index contributed by atoms with van der Waals surface area (Å²) in [6.07, 6.45) is 3.38. The number of ether oxygens (including phenoxy) is 2. The van der Waals surface area contributed by atoms with Crippen molar-refractivity contribution in [2.75, 3.05) is 33.4 Å². The molecule has 2 aliphatic heterocycles. The molecule has 1 N–H and O–H groups in total. The second kappa shape index (κ2) is 9.64. The summed E-state index contributed by atoms with van der Waals surface area (Å²) in [6.45, 7) is 4.04. The number of halogens is 1. The number of thiophene rings is 1. The number of nitrogens with one attached hydrogen (secondary N) is 1. The number of H-pyrrole nitrogens is 1. The van der Waals surface area contributed by atoms with Gasteiger partial charge < -0.3 is 19.4 Å². The van der Waals surface area contributed by atoms with Gasteiger partial charge in [-0.1, -0.05) is 6.07 Å². The van der Waals surface area contributed by atoms with Crippen LogP contribution in [-0.4, -0.2) is 52.8 Å². The Bertz CT molecular complexity index is 1480. The van der Waals surface area contributed by atoms with Crippen LogP contribution in [0.4, 0.5) is 0 Å². The molecule has 0 unspecified atom stereocenters. The first-order valence-corrected chi connectivity index (χ1v) is 12.5. The predicted octanol–water partition coefficient (Wildman–Crippen LogP) is 3.62. The van der Waals surface area contributed by atoms with Crippen LogP contribution < -0.4 is 20.7 Å². The van der Waals surface area contributed by atoms with Crippen molar-refractivity contribution in [2.24, 2.45) is 5.92 Å². The molecular formula is C25H27ClN4O4S. The number of pyridine rings is 1. The Morgan fingerprint density at radius 3 is 2.89 bits per heavy atom. The van der Waals surface area contributed by atoms with Gasteiger partial charge in [0.2, 0.25) is 0 Å². The number of methoxy groups -OCH3 is 1. The van der Waals surface area contributed by atoms with Gasteiger partial charge in [0, 0.05) is 48.6 Å². The smallest absolute Gasteiger partial charge is 0.328 e. The summed E-state index contributed by atoms with van der Waals surface area (Å²) >= 11 is 1.33. The molecule has 35 heavy (non-hydrogen) atoms. The average Bonchev–Trinajstić information content (AvgIpc) is 3.44. The Hall–Kier alpha value is -2.88. The fraction of sp³-hybridized carbons (Fsp3) is 0.400. The average molecular weight is 515 g/mol. The van der Waals surface area contributed by atoms with E-state index >= 15 is 0 Å². The van der Waals surface area contributed by atoms with E-state index in [1.807, 2.05) is 30.3 Å². The van der Waals surface area contributed by atoms with Crippen molar-refractivity contribution in [3.8, 4) is 11.5 Å². The largest absolute Gasteiger partial charge is 0.496 e. The van der Waals surface area contributed by atoms with E-state index in [0.717, 1.165) is 60.8 Å². The van der Waals surface area contributed by atoms with Crippen LogP contribution in [0.5, 0.6) is 11.5 Å². The molecule has 3 aromatic heterocycles. The van der Waals surface area contributed by atoms with Gasteiger partial charge in [0.25, 0.3) is 5.56 Å². The maximum Gasteiger partial charge on any atom is 0.328 e. The zero-order valence-corrected chi connectivity index (χ0v) is 21.0. The van der Waals surface area contributed by atoms with E-state index in [4.69, 9.17) is 9.47 Å². The minimum Gasteiger partial charge on any atom is -0.496 e. The van der Waals surface area contributed by atoms with E-state index in [-0.39, 0.29) is 23.7 Å². The van der Waals surface area contributed by atoms with Crippen LogP contribution in [0.25, 0.3) is 20.4 Å². The lowest BCUT2D eigenvalue weighted by atomic mass is 9.86. The van der Waals surface area contributed by atoms with Crippen LogP contribution in [0.2, 0.25) is 0 Å². The number of fused-ring (bicyclic) bond motifs is 6. The lowest BCUT2D eigenvalue weighted by molar-refractivity contribution is 0.209. The summed E-state index contributed by atoms with van der Waals surface area (Å²) < 4.78 is 13.5. The van der Waals surface area contributed by atoms with Gasteiger partial charge in [-0.2, -0.15) is 0 Å². The van der Waals surface area contributed by atoms with Gasteiger partial charge in [0.05, 0.1) is 19.2 Å². The van der Waals surface area contributed by atoms with Crippen LogP contribution in [0.15, 0.2) is 46.1 Å². The van der Waals surface area contributed by atoms with Crippen molar-refractivity contribution in [2.45, 2.75) is 25.3 Å². The third-order valence-corrected chi connectivity index (χ3v) is 8.18. The molecule has 0 spiro atoms. The van der Waals surface area contributed by atoms with Crippen molar-refractivity contribution in [1.29, 1.82) is 0 Å². The molecule has 1 aromatic carbocycles. The maximum absolute atomic E-state index is 13.0. The SMILES string of the molecule is COc1cccc2c1[C@@H]1CN(CCCCn3c(=O)[nH]c4c(sc5ncccc54)c3=O)C[C@H]1CO2.Cl. The Morgan fingerprint density at radius 1 is 1.17 bits per heavy atom. The summed E-state index contributed by atoms with van der Waals surface area (Å²) in [5.74, 6) is 2.71. The molecule has 1 saturated heterocycles. The minimum absolute atomic E-state index is 0. The molecule has 2 aliphatic rings. The monoisotopic (exact) mass is 514 g/mol. The van der Waals surface area contributed by atoms with Gasteiger partial charge in [-0.3, -0.25) is 9.36 Å². The number of hydrogen-bond acceptors (Lipinski definition) is 7. The number of benzene rings is 1. The number of hydrogen-bond donors (Lipinski definition) is 1. The van der Waals surface area contributed by atoms with E-state index in [1.54, 1.807) is 13.3 Å². The quantitative estimate of drug-likeness (QED) is 0.395. The molecule has 5 heterocycles. The molecular weight excluding hydrogens is 488 g/mol. The van der Waals surface area contributed by atoms with E-state index in [9.17, 15) is 9.59 Å². The normalized spacial score (nSPS) is 19.2. The second-order valence-corrected chi connectivity index (χ2v) is 10.1. The first-order chi connectivity index (χ1) is 16.6. The standard InChI is InChI=1S/C25H26N4O4S.ClH/c1-32-18-7-4-8-19-20(18)17-13-28(12-15(17)14-33-19)10-2-3-11-29-24(30)22-21(27-25(29)31)16-6-5-9-26-23(16)34-22;/h4-9,15,17H,2-3,10-14H2,1H3,(H,27,31);1H/t15-,17+;/m0./s1. The highest BCUT2D eigenvalue weighted by atomic mass is 35.5. The summed E-state index contributed by atoms with van der Waals surface area (Å²) in [6, 6.07) is 9.70.